The van der Waals surface area contributed by atoms with E-state index in [2.05, 4.69) is 45.9 Å². The molecule has 7 nitrogen and oxygen atoms in total. The van der Waals surface area contributed by atoms with Gasteiger partial charge < -0.3 is 4.90 Å². The largest absolute Gasteiger partial charge is 0.330 e. The number of aromatic nitrogens is 5. The van der Waals surface area contributed by atoms with Crippen LogP contribution in [0.2, 0.25) is 0 Å². The molecule has 0 radical (unpaired) electrons. The minimum atomic E-state index is -0.146. The molecule has 144 valence electrons. The van der Waals surface area contributed by atoms with Crippen molar-refractivity contribution >= 4 is 5.91 Å². The first-order valence-corrected chi connectivity index (χ1v) is 9.52. The highest BCUT2D eigenvalue weighted by atomic mass is 16.2. The van der Waals surface area contributed by atoms with Gasteiger partial charge in [-0.05, 0) is 30.5 Å². The molecule has 1 aliphatic rings. The Morgan fingerprint density at radius 1 is 1.14 bits per heavy atom. The third-order valence-electron chi connectivity index (χ3n) is 5.08. The van der Waals surface area contributed by atoms with Crippen LogP contribution in [0, 0.1) is 0 Å². The van der Waals surface area contributed by atoms with Crippen LogP contribution >= 0.6 is 0 Å². The maximum absolute atomic E-state index is 13.2. The lowest BCUT2D eigenvalue weighted by atomic mass is 9.96. The van der Waals surface area contributed by atoms with E-state index in [-0.39, 0.29) is 17.4 Å². The molecule has 7 heteroatoms. The fourth-order valence-corrected chi connectivity index (χ4v) is 3.61. The first-order chi connectivity index (χ1) is 13.4. The van der Waals surface area contributed by atoms with E-state index in [9.17, 15) is 4.79 Å². The van der Waals surface area contributed by atoms with Gasteiger partial charge in [-0.3, -0.25) is 14.9 Å². The van der Waals surface area contributed by atoms with E-state index in [0.717, 1.165) is 35.5 Å². The second kappa shape index (κ2) is 7.14. The van der Waals surface area contributed by atoms with Gasteiger partial charge in [0.25, 0.3) is 5.91 Å². The van der Waals surface area contributed by atoms with E-state index >= 15 is 0 Å². The number of amides is 1. The van der Waals surface area contributed by atoms with Crippen molar-refractivity contribution in [3.05, 3.63) is 60.2 Å². The zero-order valence-electron chi connectivity index (χ0n) is 16.4. The second-order valence-corrected chi connectivity index (χ2v) is 8.14. The van der Waals surface area contributed by atoms with Crippen LogP contribution < -0.4 is 0 Å². The Kier molecular flexibility index (Phi) is 4.66. The summed E-state index contributed by atoms with van der Waals surface area (Å²) in [7, 11) is 0. The van der Waals surface area contributed by atoms with Crippen LogP contribution in [-0.4, -0.2) is 42.5 Å². The molecule has 28 heavy (non-hydrogen) atoms. The number of pyridine rings is 1. The average Bonchev–Trinajstić information content (AvgIpc) is 3.36. The average molecular weight is 376 g/mol. The molecule has 0 unspecified atom stereocenters. The molecule has 3 aromatic rings. The van der Waals surface area contributed by atoms with Crippen LogP contribution in [-0.2, 0) is 5.41 Å². The van der Waals surface area contributed by atoms with Gasteiger partial charge >= 0.3 is 0 Å². The number of carbonyl (C=O) groups excluding carboxylic acids is 1. The summed E-state index contributed by atoms with van der Waals surface area (Å²) in [5.74, 6) is 0.689. The number of likely N-dealkylation sites (tertiary alicyclic amines) is 1. The Morgan fingerprint density at radius 2 is 1.86 bits per heavy atom. The monoisotopic (exact) mass is 376 g/mol. The minimum absolute atomic E-state index is 0.0412. The minimum Gasteiger partial charge on any atom is -0.330 e. The molecule has 1 N–H and O–H groups in total. The van der Waals surface area contributed by atoms with Crippen molar-refractivity contribution in [2.75, 3.05) is 6.54 Å². The fourth-order valence-electron chi connectivity index (χ4n) is 3.61. The van der Waals surface area contributed by atoms with Crippen LogP contribution in [0.3, 0.4) is 0 Å². The maximum atomic E-state index is 13.2. The Bertz CT molecular complexity index is 959. The highest BCUT2D eigenvalue weighted by Crippen LogP contribution is 2.37. The summed E-state index contributed by atoms with van der Waals surface area (Å²) in [6, 6.07) is 3.86. The maximum Gasteiger partial charge on any atom is 0.257 e. The summed E-state index contributed by atoms with van der Waals surface area (Å²) >= 11 is 0. The van der Waals surface area contributed by atoms with Gasteiger partial charge in [-0.25, -0.2) is 9.97 Å². The third-order valence-corrected chi connectivity index (χ3v) is 5.08. The number of nitrogens with zero attached hydrogens (tertiary/aromatic N) is 5. The number of rotatable bonds is 3. The molecule has 0 saturated carbocycles. The highest BCUT2D eigenvalue weighted by molar-refractivity contribution is 5.94. The zero-order chi connectivity index (χ0) is 19.7. The molecule has 3 aromatic heterocycles. The van der Waals surface area contributed by atoms with Crippen molar-refractivity contribution in [1.29, 1.82) is 0 Å². The molecule has 4 rings (SSSR count). The van der Waals surface area contributed by atoms with E-state index in [1.807, 2.05) is 23.2 Å². The molecular weight excluding hydrogens is 352 g/mol. The van der Waals surface area contributed by atoms with Gasteiger partial charge in [0, 0.05) is 42.3 Å². The van der Waals surface area contributed by atoms with E-state index in [4.69, 9.17) is 0 Å². The molecule has 4 heterocycles. The number of hydrogen-bond donors (Lipinski definition) is 1. The van der Waals surface area contributed by atoms with Gasteiger partial charge in [-0.15, -0.1) is 0 Å². The number of nitrogens with one attached hydrogen (secondary N) is 1. The first kappa shape index (κ1) is 18.3. The van der Waals surface area contributed by atoms with Crippen LogP contribution in [0.5, 0.6) is 0 Å². The summed E-state index contributed by atoms with van der Waals surface area (Å²) in [5, 5.41) is 7.36. The second-order valence-electron chi connectivity index (χ2n) is 8.14. The van der Waals surface area contributed by atoms with Crippen LogP contribution in [0.25, 0.3) is 11.1 Å². The summed E-state index contributed by atoms with van der Waals surface area (Å²) in [6.45, 7) is 6.87. The number of H-pyrrole nitrogens is 1. The Hall–Kier alpha value is -3.09. The van der Waals surface area contributed by atoms with E-state index in [0.29, 0.717) is 12.1 Å². The molecule has 0 spiro atoms. The molecule has 1 fully saturated rings. The summed E-state index contributed by atoms with van der Waals surface area (Å²) in [4.78, 5) is 28.0. The highest BCUT2D eigenvalue weighted by Gasteiger charge is 2.33. The molecule has 1 amide bonds. The first-order valence-electron chi connectivity index (χ1n) is 9.52. The van der Waals surface area contributed by atoms with Gasteiger partial charge in [0.2, 0.25) is 0 Å². The van der Waals surface area contributed by atoms with Crippen molar-refractivity contribution in [2.24, 2.45) is 0 Å². The van der Waals surface area contributed by atoms with Crippen molar-refractivity contribution in [2.45, 2.75) is 45.1 Å². The third kappa shape index (κ3) is 3.40. The van der Waals surface area contributed by atoms with Gasteiger partial charge in [-0.1, -0.05) is 20.8 Å². The molecule has 1 saturated heterocycles. The quantitative estimate of drug-likeness (QED) is 0.755. The lowest BCUT2D eigenvalue weighted by Gasteiger charge is -2.25. The van der Waals surface area contributed by atoms with E-state index < -0.39 is 0 Å². The van der Waals surface area contributed by atoms with Gasteiger partial charge in [0.15, 0.2) is 0 Å². The number of aromatic amines is 1. The molecule has 0 aromatic carbocycles. The van der Waals surface area contributed by atoms with Crippen LogP contribution in [0.15, 0.2) is 43.1 Å². The zero-order valence-corrected chi connectivity index (χ0v) is 16.4. The predicted molar refractivity (Wildman–Crippen MR) is 106 cm³/mol. The van der Waals surface area contributed by atoms with E-state index in [1.54, 1.807) is 24.8 Å². The fraction of sp³-hybridized carbons (Fsp3) is 0.381. The van der Waals surface area contributed by atoms with Crippen molar-refractivity contribution in [1.82, 2.24) is 30.0 Å². The molecule has 1 atom stereocenters. The predicted octanol–water partition coefficient (Wildman–Crippen LogP) is 3.54. The van der Waals surface area contributed by atoms with Gasteiger partial charge in [-0.2, -0.15) is 5.10 Å². The standard InChI is InChI=1S/C21H24N6O/c1-21(2,3)20-23-11-15(12-24-20)19(28)27-10-4-5-17(27)18-16(13-25-26-18)14-6-8-22-9-7-14/h6-9,11-13,17H,4-5,10H2,1-3H3,(H,25,26)/t17-/m1/s1. The van der Waals surface area contributed by atoms with Crippen molar-refractivity contribution < 1.29 is 4.79 Å². The SMILES string of the molecule is CC(C)(C)c1ncc(C(=O)N2CCC[C@@H]2c2[nH]ncc2-c2ccncc2)cn1. The Labute approximate surface area is 164 Å². The van der Waals surface area contributed by atoms with Crippen LogP contribution in [0.1, 0.15) is 61.5 Å². The van der Waals surface area contributed by atoms with Crippen molar-refractivity contribution in [3.8, 4) is 11.1 Å². The van der Waals surface area contributed by atoms with Crippen molar-refractivity contribution in [3.63, 3.8) is 0 Å². The lowest BCUT2D eigenvalue weighted by molar-refractivity contribution is 0.0732. The molecule has 0 bridgehead atoms. The lowest BCUT2D eigenvalue weighted by Crippen LogP contribution is -2.31. The van der Waals surface area contributed by atoms with Gasteiger partial charge in [0.05, 0.1) is 23.5 Å². The Balaban J connectivity index is 1.61. The number of carbonyl (C=O) groups is 1. The molecule has 0 aliphatic carbocycles. The van der Waals surface area contributed by atoms with Gasteiger partial charge in [0.1, 0.15) is 5.82 Å². The number of hydrogen-bond acceptors (Lipinski definition) is 5. The summed E-state index contributed by atoms with van der Waals surface area (Å²) < 4.78 is 0. The molecular formula is C21H24N6O. The summed E-state index contributed by atoms with van der Waals surface area (Å²) in [6.07, 6.45) is 10.5. The normalized spacial score (nSPS) is 17.1. The summed E-state index contributed by atoms with van der Waals surface area (Å²) in [5.41, 5.74) is 3.38. The smallest absolute Gasteiger partial charge is 0.257 e. The van der Waals surface area contributed by atoms with Crippen LogP contribution in [0.4, 0.5) is 0 Å². The molecule has 1 aliphatic heterocycles. The van der Waals surface area contributed by atoms with E-state index in [1.165, 1.54) is 0 Å². The Morgan fingerprint density at radius 3 is 2.54 bits per heavy atom. The topological polar surface area (TPSA) is 87.7 Å².